The lowest BCUT2D eigenvalue weighted by Crippen LogP contribution is -2.54. The van der Waals surface area contributed by atoms with Gasteiger partial charge in [-0.25, -0.2) is 17.9 Å². The largest absolute Gasteiger partial charge is 0.334 e. The van der Waals surface area contributed by atoms with Crippen molar-refractivity contribution in [1.29, 1.82) is 0 Å². The third-order valence-electron chi connectivity index (χ3n) is 5.80. The van der Waals surface area contributed by atoms with Crippen LogP contribution >= 0.6 is 0 Å². The molecule has 2 aromatic rings. The normalized spacial score (nSPS) is 19.2. The standard InChI is InChI=1S/C23H28FN3O4S2/c1-4-23(28)27-12-11-26(14-17(27)3)15-22(18-6-5-16(2)21(24)13-18)32(29)19-7-9-20(10-8-19)33(25,30)31/h4-10,13,17,22H,1,11-12,14-15H2,2-3H3,(H2,25,30,31)/t17-,22-,32-/m1/s1. The highest BCUT2D eigenvalue weighted by Gasteiger charge is 2.30. The van der Waals surface area contributed by atoms with Gasteiger partial charge < -0.3 is 4.90 Å². The van der Waals surface area contributed by atoms with Gasteiger partial charge in [0.2, 0.25) is 15.9 Å². The second-order valence-corrected chi connectivity index (χ2v) is 11.4. The number of carbonyl (C=O) groups is 1. The summed E-state index contributed by atoms with van der Waals surface area (Å²) in [5, 5.41) is 4.60. The molecule has 0 saturated carbocycles. The van der Waals surface area contributed by atoms with Gasteiger partial charge in [0.05, 0.1) is 20.9 Å². The molecule has 1 aliphatic rings. The molecule has 1 aliphatic heterocycles. The van der Waals surface area contributed by atoms with E-state index in [1.54, 1.807) is 24.0 Å². The van der Waals surface area contributed by atoms with E-state index in [-0.39, 0.29) is 22.7 Å². The van der Waals surface area contributed by atoms with Gasteiger partial charge in [-0.2, -0.15) is 0 Å². The fraction of sp³-hybridized carbons (Fsp3) is 0.348. The first-order valence-electron chi connectivity index (χ1n) is 10.5. The number of primary sulfonamides is 1. The van der Waals surface area contributed by atoms with Crippen LogP contribution in [0.4, 0.5) is 4.39 Å². The van der Waals surface area contributed by atoms with Crippen LogP contribution in [-0.2, 0) is 25.6 Å². The van der Waals surface area contributed by atoms with Crippen molar-refractivity contribution in [3.8, 4) is 0 Å². The molecular formula is C23H28FN3O4S2. The molecule has 3 rings (SSSR count). The number of hydrogen-bond donors (Lipinski definition) is 1. The number of carbonyl (C=O) groups excluding carboxylic acids is 1. The lowest BCUT2D eigenvalue weighted by atomic mass is 10.1. The van der Waals surface area contributed by atoms with Crippen LogP contribution in [0.3, 0.4) is 0 Å². The lowest BCUT2D eigenvalue weighted by molar-refractivity contribution is -0.130. The van der Waals surface area contributed by atoms with Gasteiger partial charge in [-0.1, -0.05) is 18.7 Å². The summed E-state index contributed by atoms with van der Waals surface area (Å²) in [6.07, 6.45) is 1.30. The zero-order valence-corrected chi connectivity index (χ0v) is 20.2. The van der Waals surface area contributed by atoms with Crippen molar-refractivity contribution in [2.75, 3.05) is 26.2 Å². The topological polar surface area (TPSA) is 101 Å². The quantitative estimate of drug-likeness (QED) is 0.597. The molecular weight excluding hydrogens is 465 g/mol. The fourth-order valence-electron chi connectivity index (χ4n) is 3.91. The maximum Gasteiger partial charge on any atom is 0.246 e. The second-order valence-electron chi connectivity index (χ2n) is 8.16. The SMILES string of the molecule is C=CC(=O)N1CCN(C[C@H](c2ccc(C)c(F)c2)[S@](=O)c2ccc(S(N)(=O)=O)cc2)C[C@H]1C. The van der Waals surface area contributed by atoms with Gasteiger partial charge in [0.15, 0.2) is 0 Å². The highest BCUT2D eigenvalue weighted by molar-refractivity contribution is 7.89. The van der Waals surface area contributed by atoms with E-state index in [4.69, 9.17) is 5.14 Å². The first-order valence-corrected chi connectivity index (χ1v) is 13.2. The molecule has 178 valence electrons. The van der Waals surface area contributed by atoms with Crippen LogP contribution in [0.15, 0.2) is 64.9 Å². The minimum atomic E-state index is -3.87. The summed E-state index contributed by atoms with van der Waals surface area (Å²) in [6.45, 7) is 9.19. The Morgan fingerprint density at radius 2 is 1.94 bits per heavy atom. The zero-order valence-electron chi connectivity index (χ0n) is 18.6. The number of amides is 1. The van der Waals surface area contributed by atoms with E-state index in [0.29, 0.717) is 42.2 Å². The number of benzene rings is 2. The van der Waals surface area contributed by atoms with E-state index in [1.807, 2.05) is 6.92 Å². The smallest absolute Gasteiger partial charge is 0.246 e. The summed E-state index contributed by atoms with van der Waals surface area (Å²) >= 11 is 0. The average molecular weight is 494 g/mol. The van der Waals surface area contributed by atoms with Crippen molar-refractivity contribution in [1.82, 2.24) is 9.80 Å². The summed E-state index contributed by atoms with van der Waals surface area (Å²) in [4.78, 5) is 16.2. The Morgan fingerprint density at radius 3 is 2.48 bits per heavy atom. The number of piperazine rings is 1. The van der Waals surface area contributed by atoms with Crippen LogP contribution in [0.2, 0.25) is 0 Å². The molecule has 0 unspecified atom stereocenters. The Balaban J connectivity index is 1.89. The van der Waals surface area contributed by atoms with Crippen molar-refractivity contribution >= 4 is 26.7 Å². The van der Waals surface area contributed by atoms with Crippen LogP contribution in [0.1, 0.15) is 23.3 Å². The van der Waals surface area contributed by atoms with Crippen molar-refractivity contribution < 1.29 is 21.8 Å². The van der Waals surface area contributed by atoms with Gasteiger partial charge in [-0.3, -0.25) is 13.9 Å². The van der Waals surface area contributed by atoms with Crippen LogP contribution < -0.4 is 5.14 Å². The Morgan fingerprint density at radius 1 is 1.27 bits per heavy atom. The minimum absolute atomic E-state index is 0.0536. The van der Waals surface area contributed by atoms with Gasteiger partial charge >= 0.3 is 0 Å². The second kappa shape index (κ2) is 10.3. The van der Waals surface area contributed by atoms with Crippen molar-refractivity contribution in [2.45, 2.75) is 34.9 Å². The van der Waals surface area contributed by atoms with E-state index in [2.05, 4.69) is 11.5 Å². The highest BCUT2D eigenvalue weighted by Crippen LogP contribution is 2.29. The summed E-state index contributed by atoms with van der Waals surface area (Å²) in [7, 11) is -5.46. The van der Waals surface area contributed by atoms with E-state index in [0.717, 1.165) is 0 Å². The molecule has 2 N–H and O–H groups in total. The maximum absolute atomic E-state index is 14.4. The number of nitrogens with two attached hydrogens (primary N) is 1. The predicted octanol–water partition coefficient (Wildman–Crippen LogP) is 2.35. The summed E-state index contributed by atoms with van der Waals surface area (Å²) in [5.74, 6) is -0.508. The van der Waals surface area contributed by atoms with E-state index in [1.165, 1.54) is 36.4 Å². The van der Waals surface area contributed by atoms with E-state index in [9.17, 15) is 21.8 Å². The highest BCUT2D eigenvalue weighted by atomic mass is 32.2. The van der Waals surface area contributed by atoms with Crippen LogP contribution in [-0.4, -0.2) is 60.6 Å². The molecule has 1 heterocycles. The molecule has 0 radical (unpaired) electrons. The molecule has 0 spiro atoms. The summed E-state index contributed by atoms with van der Waals surface area (Å²) in [5.41, 5.74) is 1.08. The van der Waals surface area contributed by atoms with Gasteiger partial charge in [0.25, 0.3) is 0 Å². The number of halogens is 1. The summed E-state index contributed by atoms with van der Waals surface area (Å²) in [6, 6.07) is 10.3. The number of hydrogen-bond acceptors (Lipinski definition) is 5. The Kier molecular flexibility index (Phi) is 7.84. The molecule has 10 heteroatoms. The van der Waals surface area contributed by atoms with Crippen LogP contribution in [0.5, 0.6) is 0 Å². The van der Waals surface area contributed by atoms with Crippen molar-refractivity contribution in [3.63, 3.8) is 0 Å². The van der Waals surface area contributed by atoms with E-state index >= 15 is 0 Å². The molecule has 1 saturated heterocycles. The molecule has 2 aromatic carbocycles. The Bertz CT molecular complexity index is 1170. The van der Waals surface area contributed by atoms with Gasteiger partial charge in [-0.15, -0.1) is 0 Å². The number of rotatable bonds is 7. The van der Waals surface area contributed by atoms with Gasteiger partial charge in [0, 0.05) is 37.1 Å². The van der Waals surface area contributed by atoms with E-state index < -0.39 is 26.1 Å². The molecule has 7 nitrogen and oxygen atoms in total. The molecule has 1 fully saturated rings. The number of sulfonamides is 1. The summed E-state index contributed by atoms with van der Waals surface area (Å²) < 4.78 is 51.0. The molecule has 3 atom stereocenters. The number of nitrogens with zero attached hydrogens (tertiary/aromatic N) is 2. The first kappa shape index (κ1) is 25.2. The van der Waals surface area contributed by atoms with Crippen molar-refractivity contribution in [2.24, 2.45) is 5.14 Å². The monoisotopic (exact) mass is 493 g/mol. The van der Waals surface area contributed by atoms with Crippen LogP contribution in [0.25, 0.3) is 0 Å². The van der Waals surface area contributed by atoms with Crippen LogP contribution in [0, 0.1) is 12.7 Å². The Labute approximate surface area is 196 Å². The molecule has 33 heavy (non-hydrogen) atoms. The lowest BCUT2D eigenvalue weighted by Gasteiger charge is -2.40. The Hall–Kier alpha value is -2.40. The predicted molar refractivity (Wildman–Crippen MR) is 126 cm³/mol. The molecule has 1 amide bonds. The fourth-order valence-corrected chi connectivity index (χ4v) is 5.90. The van der Waals surface area contributed by atoms with Gasteiger partial charge in [0.1, 0.15) is 5.82 Å². The zero-order chi connectivity index (χ0) is 24.3. The molecule has 0 aliphatic carbocycles. The van der Waals surface area contributed by atoms with Crippen molar-refractivity contribution in [3.05, 3.63) is 72.1 Å². The minimum Gasteiger partial charge on any atom is -0.334 e. The molecule has 0 bridgehead atoms. The molecule has 0 aromatic heterocycles. The first-order chi connectivity index (χ1) is 15.5. The average Bonchev–Trinajstić information content (AvgIpc) is 2.78. The third kappa shape index (κ3) is 5.94. The maximum atomic E-state index is 14.4. The van der Waals surface area contributed by atoms with Gasteiger partial charge in [-0.05, 0) is 61.4 Å². The number of aryl methyl sites for hydroxylation is 1. The third-order valence-corrected chi connectivity index (χ3v) is 8.41.